The van der Waals surface area contributed by atoms with Crippen molar-refractivity contribution in [3.8, 4) is 0 Å². The van der Waals surface area contributed by atoms with Crippen LogP contribution in [0.2, 0.25) is 0 Å². The standard InChI is InChI=1S/C17H18FN5O2/c1-21-14-10-23(16(24)11-4-5-19-8-13(11)18)9-12(14)15(20-21)17(25)22-6-2-3-7-22/h4-5,8H,2-3,6-7,9-10H2,1H3. The monoisotopic (exact) mass is 343 g/mol. The number of hydrogen-bond acceptors (Lipinski definition) is 4. The molecule has 2 aromatic heterocycles. The molecule has 1 saturated heterocycles. The van der Waals surface area contributed by atoms with E-state index in [1.165, 1.54) is 17.2 Å². The SMILES string of the molecule is Cn1nc(C(=O)N2CCCC2)c2c1CN(C(=O)c1ccncc1F)C2. The van der Waals surface area contributed by atoms with Crippen molar-refractivity contribution in [1.82, 2.24) is 24.6 Å². The third-order valence-corrected chi connectivity index (χ3v) is 4.85. The number of aromatic nitrogens is 3. The minimum absolute atomic E-state index is 0.0109. The third kappa shape index (κ3) is 2.57. The number of rotatable bonds is 2. The van der Waals surface area contributed by atoms with E-state index in [0.29, 0.717) is 12.2 Å². The number of fused-ring (bicyclic) bond motifs is 1. The van der Waals surface area contributed by atoms with Crippen LogP contribution in [0.4, 0.5) is 4.39 Å². The van der Waals surface area contributed by atoms with Gasteiger partial charge in [0.15, 0.2) is 11.5 Å². The van der Waals surface area contributed by atoms with Gasteiger partial charge in [0, 0.05) is 31.9 Å². The van der Waals surface area contributed by atoms with E-state index in [2.05, 4.69) is 10.1 Å². The zero-order chi connectivity index (χ0) is 17.6. The van der Waals surface area contributed by atoms with Crippen molar-refractivity contribution in [2.45, 2.75) is 25.9 Å². The van der Waals surface area contributed by atoms with Gasteiger partial charge >= 0.3 is 0 Å². The van der Waals surface area contributed by atoms with Crippen LogP contribution in [0.3, 0.4) is 0 Å². The first-order valence-electron chi connectivity index (χ1n) is 8.29. The molecule has 7 nitrogen and oxygen atoms in total. The van der Waals surface area contributed by atoms with Crippen LogP contribution in [-0.4, -0.2) is 49.5 Å². The van der Waals surface area contributed by atoms with Crippen molar-refractivity contribution < 1.29 is 14.0 Å². The number of carbonyl (C=O) groups excluding carboxylic acids is 2. The first-order valence-corrected chi connectivity index (χ1v) is 8.29. The molecule has 2 amide bonds. The van der Waals surface area contributed by atoms with Crippen molar-refractivity contribution >= 4 is 11.8 Å². The summed E-state index contributed by atoms with van der Waals surface area (Å²) in [4.78, 5) is 32.3. The normalized spacial score (nSPS) is 16.4. The zero-order valence-electron chi connectivity index (χ0n) is 13.9. The van der Waals surface area contributed by atoms with Crippen molar-refractivity contribution in [1.29, 1.82) is 0 Å². The summed E-state index contributed by atoms with van der Waals surface area (Å²) in [5.41, 5.74) is 1.99. The lowest BCUT2D eigenvalue weighted by Crippen LogP contribution is -2.30. The molecular formula is C17H18FN5O2. The fourth-order valence-corrected chi connectivity index (χ4v) is 3.50. The Morgan fingerprint density at radius 3 is 2.60 bits per heavy atom. The molecule has 2 aliphatic rings. The molecule has 2 aliphatic heterocycles. The molecule has 0 aliphatic carbocycles. The molecule has 0 aromatic carbocycles. The lowest BCUT2D eigenvalue weighted by molar-refractivity contribution is 0.0732. The molecule has 4 heterocycles. The smallest absolute Gasteiger partial charge is 0.274 e. The number of amides is 2. The Morgan fingerprint density at radius 2 is 1.88 bits per heavy atom. The van der Waals surface area contributed by atoms with Crippen LogP contribution in [0.15, 0.2) is 18.5 Å². The van der Waals surface area contributed by atoms with E-state index in [4.69, 9.17) is 0 Å². The topological polar surface area (TPSA) is 71.3 Å². The zero-order valence-corrected chi connectivity index (χ0v) is 13.9. The number of halogens is 1. The van der Waals surface area contributed by atoms with Crippen LogP contribution in [0.1, 0.15) is 44.9 Å². The average molecular weight is 343 g/mol. The number of aryl methyl sites for hydroxylation is 1. The number of pyridine rings is 1. The number of likely N-dealkylation sites (tertiary alicyclic amines) is 1. The quantitative estimate of drug-likeness (QED) is 0.825. The average Bonchev–Trinajstić information content (AvgIpc) is 3.32. The Balaban J connectivity index is 1.60. The molecule has 1 fully saturated rings. The highest BCUT2D eigenvalue weighted by molar-refractivity contribution is 5.97. The number of carbonyl (C=O) groups is 2. The maximum absolute atomic E-state index is 13.9. The highest BCUT2D eigenvalue weighted by Crippen LogP contribution is 2.28. The summed E-state index contributed by atoms with van der Waals surface area (Å²) < 4.78 is 15.5. The lowest BCUT2D eigenvalue weighted by Gasteiger charge is -2.17. The lowest BCUT2D eigenvalue weighted by atomic mass is 10.2. The van der Waals surface area contributed by atoms with Crippen LogP contribution in [0.5, 0.6) is 0 Å². The Bertz CT molecular complexity index is 857. The van der Waals surface area contributed by atoms with Gasteiger partial charge in [-0.25, -0.2) is 4.39 Å². The molecule has 0 radical (unpaired) electrons. The van der Waals surface area contributed by atoms with E-state index in [-0.39, 0.29) is 18.0 Å². The molecule has 0 saturated carbocycles. The van der Waals surface area contributed by atoms with Gasteiger partial charge in [0.2, 0.25) is 0 Å². The fourth-order valence-electron chi connectivity index (χ4n) is 3.50. The van der Waals surface area contributed by atoms with Crippen LogP contribution in [0.25, 0.3) is 0 Å². The van der Waals surface area contributed by atoms with Crippen molar-refractivity contribution in [3.05, 3.63) is 46.8 Å². The van der Waals surface area contributed by atoms with E-state index in [9.17, 15) is 14.0 Å². The van der Waals surface area contributed by atoms with E-state index < -0.39 is 11.7 Å². The van der Waals surface area contributed by atoms with Gasteiger partial charge in [-0.3, -0.25) is 19.3 Å². The Labute approximate surface area is 144 Å². The second kappa shape index (κ2) is 5.94. The summed E-state index contributed by atoms with van der Waals surface area (Å²) in [6.45, 7) is 2.06. The van der Waals surface area contributed by atoms with Crippen molar-refractivity contribution in [2.24, 2.45) is 7.05 Å². The van der Waals surface area contributed by atoms with Gasteiger partial charge in [-0.15, -0.1) is 0 Å². The van der Waals surface area contributed by atoms with Crippen molar-refractivity contribution in [2.75, 3.05) is 13.1 Å². The van der Waals surface area contributed by atoms with Crippen LogP contribution < -0.4 is 0 Å². The summed E-state index contributed by atoms with van der Waals surface area (Å²) in [6.07, 6.45) is 4.43. The molecule has 4 rings (SSSR count). The maximum Gasteiger partial charge on any atom is 0.274 e. The second-order valence-electron chi connectivity index (χ2n) is 6.41. The minimum Gasteiger partial charge on any atom is -0.337 e. The first kappa shape index (κ1) is 15.7. The maximum atomic E-state index is 13.9. The molecule has 0 N–H and O–H groups in total. The predicted octanol–water partition coefficient (Wildman–Crippen LogP) is 1.35. The van der Waals surface area contributed by atoms with Gasteiger partial charge in [-0.2, -0.15) is 5.10 Å². The summed E-state index contributed by atoms with van der Waals surface area (Å²) in [6, 6.07) is 1.37. The highest BCUT2D eigenvalue weighted by Gasteiger charge is 2.35. The van der Waals surface area contributed by atoms with Gasteiger partial charge in [-0.1, -0.05) is 0 Å². The van der Waals surface area contributed by atoms with Crippen LogP contribution in [-0.2, 0) is 20.1 Å². The minimum atomic E-state index is -0.644. The first-order chi connectivity index (χ1) is 12.1. The van der Waals surface area contributed by atoms with Crippen LogP contribution >= 0.6 is 0 Å². The molecule has 0 unspecified atom stereocenters. The van der Waals surface area contributed by atoms with Gasteiger partial charge in [0.25, 0.3) is 11.8 Å². The van der Waals surface area contributed by atoms with E-state index >= 15 is 0 Å². The summed E-state index contributed by atoms with van der Waals surface area (Å²) in [7, 11) is 1.76. The number of nitrogens with zero attached hydrogens (tertiary/aromatic N) is 5. The van der Waals surface area contributed by atoms with E-state index in [0.717, 1.165) is 43.4 Å². The molecule has 0 spiro atoms. The van der Waals surface area contributed by atoms with Crippen molar-refractivity contribution in [3.63, 3.8) is 0 Å². The van der Waals surface area contributed by atoms with Gasteiger partial charge in [0.05, 0.1) is 30.5 Å². The van der Waals surface area contributed by atoms with E-state index in [1.54, 1.807) is 16.6 Å². The van der Waals surface area contributed by atoms with Gasteiger partial charge in [-0.05, 0) is 18.9 Å². The molecule has 25 heavy (non-hydrogen) atoms. The molecule has 130 valence electrons. The fraction of sp³-hybridized carbons (Fsp3) is 0.412. The summed E-state index contributed by atoms with van der Waals surface area (Å²) in [5, 5.41) is 4.36. The summed E-state index contributed by atoms with van der Waals surface area (Å²) in [5.74, 6) is -1.13. The summed E-state index contributed by atoms with van der Waals surface area (Å²) >= 11 is 0. The molecule has 0 bridgehead atoms. The predicted molar refractivity (Wildman–Crippen MR) is 86.1 cm³/mol. The molecule has 8 heteroatoms. The molecule has 0 atom stereocenters. The molecule has 2 aromatic rings. The highest BCUT2D eigenvalue weighted by atomic mass is 19.1. The second-order valence-corrected chi connectivity index (χ2v) is 6.41. The van der Waals surface area contributed by atoms with E-state index in [1.807, 2.05) is 0 Å². The van der Waals surface area contributed by atoms with Crippen LogP contribution in [0, 0.1) is 5.82 Å². The Kier molecular flexibility index (Phi) is 3.74. The largest absolute Gasteiger partial charge is 0.337 e. The van der Waals surface area contributed by atoms with Gasteiger partial charge in [0.1, 0.15) is 0 Å². The van der Waals surface area contributed by atoms with Gasteiger partial charge < -0.3 is 9.80 Å². The number of hydrogen-bond donors (Lipinski definition) is 0. The Hall–Kier alpha value is -2.77. The third-order valence-electron chi connectivity index (χ3n) is 4.85. The Morgan fingerprint density at radius 1 is 1.12 bits per heavy atom. The molecular weight excluding hydrogens is 325 g/mol.